The fourth-order valence-electron chi connectivity index (χ4n) is 2.29. The first-order valence-corrected chi connectivity index (χ1v) is 8.23. The Kier molecular flexibility index (Phi) is 4.71. The molecule has 0 saturated heterocycles. The first kappa shape index (κ1) is 17.0. The van der Waals surface area contributed by atoms with E-state index < -0.39 is 32.2 Å². The maximum Gasteiger partial charge on any atom is 0.325 e. The van der Waals surface area contributed by atoms with E-state index in [0.717, 1.165) is 0 Å². The highest BCUT2D eigenvalue weighted by Gasteiger charge is 2.25. The lowest BCUT2D eigenvalue weighted by molar-refractivity contribution is 0.405. The summed E-state index contributed by atoms with van der Waals surface area (Å²) in [5.74, 6) is 0.523. The number of hydrogen-bond acceptors (Lipinski definition) is 5. The molecule has 124 valence electrons. The molecule has 0 aliphatic heterocycles. The van der Waals surface area contributed by atoms with Gasteiger partial charge in [-0.2, -0.15) is 0 Å². The van der Waals surface area contributed by atoms with Crippen LogP contribution in [0.2, 0.25) is 0 Å². The van der Waals surface area contributed by atoms with Gasteiger partial charge >= 0.3 is 5.69 Å². The normalized spacial score (nSPS) is 12.8. The average Bonchev–Trinajstić information content (AvgIpc) is 2.45. The number of hydrogen-bond donors (Lipinski definition) is 3. The molecule has 0 saturated carbocycles. The molecule has 0 aliphatic carbocycles. The van der Waals surface area contributed by atoms with E-state index in [1.54, 1.807) is 31.2 Å². The van der Waals surface area contributed by atoms with E-state index >= 15 is 0 Å². The highest BCUT2D eigenvalue weighted by molar-refractivity contribution is 7.89. The molecule has 0 aliphatic rings. The molecule has 0 fully saturated rings. The molecular formula is C14H17N3O5S. The third-order valence-corrected chi connectivity index (χ3v) is 4.97. The zero-order chi connectivity index (χ0) is 17.2. The lowest BCUT2D eigenvalue weighted by Gasteiger charge is -2.17. The summed E-state index contributed by atoms with van der Waals surface area (Å²) in [7, 11) is -2.65. The van der Waals surface area contributed by atoms with Gasteiger partial charge in [-0.25, -0.2) is 17.9 Å². The van der Waals surface area contributed by atoms with Crippen molar-refractivity contribution in [1.82, 2.24) is 14.7 Å². The molecule has 0 amide bonds. The zero-order valence-corrected chi connectivity index (χ0v) is 13.7. The SMILES string of the molecule is COc1ccccc1C(C)NS(=O)(=O)c1c(C)[nH]c(=O)[nH]c1=O. The fourth-order valence-corrected chi connectivity index (χ4v) is 3.75. The second kappa shape index (κ2) is 6.39. The molecule has 0 radical (unpaired) electrons. The summed E-state index contributed by atoms with van der Waals surface area (Å²) < 4.78 is 32.6. The molecule has 9 heteroatoms. The van der Waals surface area contributed by atoms with E-state index in [0.29, 0.717) is 11.3 Å². The van der Waals surface area contributed by atoms with Crippen LogP contribution in [0.1, 0.15) is 24.2 Å². The van der Waals surface area contributed by atoms with Crippen molar-refractivity contribution >= 4 is 10.0 Å². The predicted octanol–water partition coefficient (Wildman–Crippen LogP) is 0.420. The van der Waals surface area contributed by atoms with Crippen molar-refractivity contribution in [2.24, 2.45) is 0 Å². The molecule has 3 N–H and O–H groups in total. The molecule has 1 aromatic heterocycles. The minimum Gasteiger partial charge on any atom is -0.496 e. The number of methoxy groups -OCH3 is 1. The van der Waals surface area contributed by atoms with Crippen molar-refractivity contribution in [3.05, 3.63) is 56.4 Å². The third kappa shape index (κ3) is 3.51. The van der Waals surface area contributed by atoms with E-state index in [-0.39, 0.29) is 5.69 Å². The van der Waals surface area contributed by atoms with Crippen molar-refractivity contribution in [2.45, 2.75) is 24.8 Å². The van der Waals surface area contributed by atoms with Gasteiger partial charge in [-0.05, 0) is 19.9 Å². The molecule has 23 heavy (non-hydrogen) atoms. The smallest absolute Gasteiger partial charge is 0.325 e. The predicted molar refractivity (Wildman–Crippen MR) is 84.2 cm³/mol. The van der Waals surface area contributed by atoms with E-state index in [4.69, 9.17) is 4.74 Å². The second-order valence-electron chi connectivity index (χ2n) is 4.95. The number of benzene rings is 1. The lowest BCUT2D eigenvalue weighted by atomic mass is 10.1. The number of para-hydroxylation sites is 1. The Hall–Kier alpha value is -2.39. The van der Waals surface area contributed by atoms with Gasteiger partial charge in [0, 0.05) is 17.3 Å². The van der Waals surface area contributed by atoms with Crippen LogP contribution in [0.15, 0.2) is 38.8 Å². The van der Waals surface area contributed by atoms with Gasteiger partial charge in [0.25, 0.3) is 5.56 Å². The van der Waals surface area contributed by atoms with Crippen molar-refractivity contribution < 1.29 is 13.2 Å². The minimum atomic E-state index is -4.13. The summed E-state index contributed by atoms with van der Waals surface area (Å²) >= 11 is 0. The molecular weight excluding hydrogens is 322 g/mol. The van der Waals surface area contributed by atoms with Gasteiger partial charge in [-0.15, -0.1) is 0 Å². The van der Waals surface area contributed by atoms with Crippen LogP contribution in [-0.2, 0) is 10.0 Å². The number of sulfonamides is 1. The van der Waals surface area contributed by atoms with Crippen LogP contribution in [0, 0.1) is 6.92 Å². The number of ether oxygens (including phenoxy) is 1. The average molecular weight is 339 g/mol. The van der Waals surface area contributed by atoms with Gasteiger partial charge in [-0.3, -0.25) is 9.78 Å². The van der Waals surface area contributed by atoms with Crippen LogP contribution in [0.25, 0.3) is 0 Å². The van der Waals surface area contributed by atoms with Crippen LogP contribution in [-0.4, -0.2) is 25.5 Å². The molecule has 2 rings (SSSR count). The second-order valence-corrected chi connectivity index (χ2v) is 6.60. The van der Waals surface area contributed by atoms with E-state index in [1.165, 1.54) is 14.0 Å². The van der Waals surface area contributed by atoms with Crippen molar-refractivity contribution in [2.75, 3.05) is 7.11 Å². The van der Waals surface area contributed by atoms with Crippen LogP contribution in [0.4, 0.5) is 0 Å². The molecule has 1 heterocycles. The summed E-state index contributed by atoms with van der Waals surface area (Å²) in [6, 6.07) is 6.30. The molecule has 0 bridgehead atoms. The Morgan fingerprint density at radius 1 is 1.17 bits per heavy atom. The fraction of sp³-hybridized carbons (Fsp3) is 0.286. The van der Waals surface area contributed by atoms with Gasteiger partial charge in [0.05, 0.1) is 7.11 Å². The Balaban J connectivity index is 2.43. The van der Waals surface area contributed by atoms with Crippen molar-refractivity contribution in [1.29, 1.82) is 0 Å². The Morgan fingerprint density at radius 2 is 1.83 bits per heavy atom. The summed E-state index contributed by atoms with van der Waals surface area (Å²) in [5, 5.41) is 0. The van der Waals surface area contributed by atoms with Crippen molar-refractivity contribution in [3.63, 3.8) is 0 Å². The molecule has 0 spiro atoms. The first-order chi connectivity index (χ1) is 10.8. The van der Waals surface area contributed by atoms with E-state index in [9.17, 15) is 18.0 Å². The van der Waals surface area contributed by atoms with Crippen LogP contribution < -0.4 is 20.7 Å². The summed E-state index contributed by atoms with van der Waals surface area (Å²) in [6.45, 7) is 2.98. The van der Waals surface area contributed by atoms with Gasteiger partial charge in [0.1, 0.15) is 5.75 Å². The molecule has 2 aromatic rings. The van der Waals surface area contributed by atoms with Gasteiger partial charge < -0.3 is 9.72 Å². The van der Waals surface area contributed by atoms with E-state index in [1.807, 2.05) is 4.98 Å². The van der Waals surface area contributed by atoms with Crippen LogP contribution >= 0.6 is 0 Å². The third-order valence-electron chi connectivity index (χ3n) is 3.28. The topological polar surface area (TPSA) is 121 Å². The Bertz CT molecular complexity index is 930. The number of H-pyrrole nitrogens is 2. The first-order valence-electron chi connectivity index (χ1n) is 6.74. The monoisotopic (exact) mass is 339 g/mol. The maximum atomic E-state index is 12.5. The summed E-state index contributed by atoms with van der Waals surface area (Å²) in [6.07, 6.45) is 0. The number of aromatic amines is 2. The van der Waals surface area contributed by atoms with Crippen LogP contribution in [0.3, 0.4) is 0 Å². The summed E-state index contributed by atoms with van der Waals surface area (Å²) in [4.78, 5) is 26.7. The largest absolute Gasteiger partial charge is 0.496 e. The van der Waals surface area contributed by atoms with E-state index in [2.05, 4.69) is 9.71 Å². The quantitative estimate of drug-likeness (QED) is 0.729. The number of aryl methyl sites for hydroxylation is 1. The Labute approximate surface area is 132 Å². The highest BCUT2D eigenvalue weighted by Crippen LogP contribution is 2.25. The van der Waals surface area contributed by atoms with Gasteiger partial charge in [-0.1, -0.05) is 18.2 Å². The molecule has 8 nitrogen and oxygen atoms in total. The molecule has 1 unspecified atom stereocenters. The number of aromatic nitrogens is 2. The van der Waals surface area contributed by atoms with Gasteiger partial charge in [0.2, 0.25) is 10.0 Å². The van der Waals surface area contributed by atoms with Crippen molar-refractivity contribution in [3.8, 4) is 5.75 Å². The lowest BCUT2D eigenvalue weighted by Crippen LogP contribution is -2.36. The maximum absolute atomic E-state index is 12.5. The molecule has 1 atom stereocenters. The standard InChI is InChI=1S/C14H17N3O5S/c1-8(10-6-4-5-7-11(10)22-3)17-23(20,21)12-9(2)15-14(19)16-13(12)18/h4-8,17H,1-3H3,(H2,15,16,18,19). The number of rotatable bonds is 5. The Morgan fingerprint density at radius 3 is 2.43 bits per heavy atom. The minimum absolute atomic E-state index is 0.0292. The van der Waals surface area contributed by atoms with Gasteiger partial charge in [0.15, 0.2) is 4.90 Å². The van der Waals surface area contributed by atoms with Crippen LogP contribution in [0.5, 0.6) is 5.75 Å². The molecule has 1 aromatic carbocycles. The highest BCUT2D eigenvalue weighted by atomic mass is 32.2. The zero-order valence-electron chi connectivity index (χ0n) is 12.8. The summed E-state index contributed by atoms with van der Waals surface area (Å²) in [5.41, 5.74) is -1.13. The number of nitrogens with one attached hydrogen (secondary N) is 3.